The first-order chi connectivity index (χ1) is 18.2. The predicted molar refractivity (Wildman–Crippen MR) is 129 cm³/mol. The number of aromatic nitrogens is 5. The van der Waals surface area contributed by atoms with E-state index in [2.05, 4.69) is 15.2 Å². The molecule has 1 aliphatic heterocycles. The Morgan fingerprint density at radius 2 is 2.03 bits per heavy atom. The monoisotopic (exact) mass is 524 g/mol. The van der Waals surface area contributed by atoms with E-state index < -0.39 is 29.8 Å². The van der Waals surface area contributed by atoms with Crippen molar-refractivity contribution < 1.29 is 27.9 Å². The lowest BCUT2D eigenvalue weighted by Crippen LogP contribution is -2.44. The Hall–Kier alpha value is -4.22. The fourth-order valence-electron chi connectivity index (χ4n) is 5.66. The van der Waals surface area contributed by atoms with Crippen molar-refractivity contribution >= 4 is 22.9 Å². The number of carbonyl (C=O) groups excluding carboxylic acids is 1. The Balaban J connectivity index is 1.20. The first kappa shape index (κ1) is 24.1. The molecule has 0 unspecified atom stereocenters. The molecule has 1 amide bonds. The van der Waals surface area contributed by atoms with E-state index in [4.69, 9.17) is 0 Å². The predicted octanol–water partition coefficient (Wildman–Crippen LogP) is 3.77. The summed E-state index contributed by atoms with van der Waals surface area (Å²) in [7, 11) is 1.80. The molecule has 6 rings (SSSR count). The zero-order valence-electron chi connectivity index (χ0n) is 20.3. The van der Waals surface area contributed by atoms with Crippen LogP contribution in [0, 0.1) is 11.2 Å². The number of amides is 1. The van der Waals surface area contributed by atoms with Gasteiger partial charge in [0.25, 0.3) is 0 Å². The number of hydrogen-bond acceptors (Lipinski definition) is 5. The van der Waals surface area contributed by atoms with Crippen molar-refractivity contribution in [3.8, 4) is 11.1 Å². The maximum absolute atomic E-state index is 15.3. The van der Waals surface area contributed by atoms with Crippen molar-refractivity contribution in [3.63, 3.8) is 0 Å². The second kappa shape index (κ2) is 8.67. The Kier molecular flexibility index (Phi) is 5.51. The fourth-order valence-corrected chi connectivity index (χ4v) is 5.66. The molecule has 1 saturated heterocycles. The van der Waals surface area contributed by atoms with Gasteiger partial charge in [-0.05, 0) is 41.7 Å². The summed E-state index contributed by atoms with van der Waals surface area (Å²) in [5.74, 6) is -2.36. The van der Waals surface area contributed by atoms with E-state index in [-0.39, 0.29) is 24.8 Å². The molecule has 1 saturated carbocycles. The minimum absolute atomic E-state index is 0.146. The van der Waals surface area contributed by atoms with Gasteiger partial charge in [-0.2, -0.15) is 19.0 Å². The van der Waals surface area contributed by atoms with Gasteiger partial charge in [-0.25, -0.2) is 18.9 Å². The molecule has 1 aromatic carbocycles. The number of likely N-dealkylation sites (tertiary alicyclic amines) is 1. The van der Waals surface area contributed by atoms with Gasteiger partial charge in [0.2, 0.25) is 5.91 Å². The first-order valence-electron chi connectivity index (χ1n) is 12.1. The highest BCUT2D eigenvalue weighted by molar-refractivity contribution is 5.93. The van der Waals surface area contributed by atoms with Crippen LogP contribution in [-0.2, 0) is 23.1 Å². The van der Waals surface area contributed by atoms with Crippen LogP contribution in [0.5, 0.6) is 0 Å². The molecule has 3 aromatic heterocycles. The SMILES string of the molecule is Cn1cc2cc(-c3ccc([C@H]4C[C@@]45CCN([C@H](Cc4cnn(C(F)F)c4)C(=O)O)C5=O)c(F)c3)cnc2n1. The van der Waals surface area contributed by atoms with E-state index >= 15 is 4.39 Å². The van der Waals surface area contributed by atoms with Crippen molar-refractivity contribution in [1.29, 1.82) is 0 Å². The number of halogens is 3. The van der Waals surface area contributed by atoms with Crippen molar-refractivity contribution in [2.75, 3.05) is 6.54 Å². The number of fused-ring (bicyclic) bond motifs is 1. The topological polar surface area (TPSA) is 106 Å². The molecule has 0 radical (unpaired) electrons. The van der Waals surface area contributed by atoms with Gasteiger partial charge in [-0.1, -0.05) is 12.1 Å². The van der Waals surface area contributed by atoms with E-state index in [1.807, 2.05) is 12.3 Å². The second-order valence-electron chi connectivity index (χ2n) is 10.0. The lowest BCUT2D eigenvalue weighted by atomic mass is 9.95. The van der Waals surface area contributed by atoms with Gasteiger partial charge in [0.15, 0.2) is 5.65 Å². The quantitative estimate of drug-likeness (QED) is 0.395. The lowest BCUT2D eigenvalue weighted by Gasteiger charge is -2.24. The molecule has 1 N–H and O–H groups in total. The van der Waals surface area contributed by atoms with E-state index in [1.165, 1.54) is 17.2 Å². The van der Waals surface area contributed by atoms with Crippen molar-refractivity contribution in [3.05, 3.63) is 66.0 Å². The van der Waals surface area contributed by atoms with Gasteiger partial charge in [0, 0.05) is 55.5 Å². The third-order valence-corrected chi connectivity index (χ3v) is 7.69. The maximum atomic E-state index is 15.3. The molecule has 196 valence electrons. The number of pyridine rings is 1. The fraction of sp³-hybridized carbons (Fsp3) is 0.346. The third kappa shape index (κ3) is 3.91. The minimum Gasteiger partial charge on any atom is -0.480 e. The summed E-state index contributed by atoms with van der Waals surface area (Å²) in [4.78, 5) is 31.1. The minimum atomic E-state index is -2.84. The van der Waals surface area contributed by atoms with Crippen LogP contribution in [-0.4, -0.2) is 59.0 Å². The highest BCUT2D eigenvalue weighted by Crippen LogP contribution is 2.65. The third-order valence-electron chi connectivity index (χ3n) is 7.69. The second-order valence-corrected chi connectivity index (χ2v) is 10.0. The molecule has 1 spiro atoms. The molecule has 38 heavy (non-hydrogen) atoms. The Morgan fingerprint density at radius 3 is 2.74 bits per heavy atom. The molecular formula is C26H23F3N6O3. The number of aryl methyl sites for hydroxylation is 1. The average Bonchev–Trinajstić information content (AvgIpc) is 3.13. The maximum Gasteiger partial charge on any atom is 0.333 e. The number of carboxylic acids is 1. The molecule has 2 fully saturated rings. The summed E-state index contributed by atoms with van der Waals surface area (Å²) in [5.41, 5.74) is 1.85. The standard InChI is InChI=1S/C26H23F3N6O3/c1-33-13-17-7-16(11-30-22(17)32-33)15-2-3-18(20(27)8-15)19-9-26(19)4-5-34(24(26)38)21(23(36)37)6-14-10-31-35(12-14)25(28)29/h2-3,7-8,10-13,19,21,25H,4-6,9H2,1H3,(H,36,37)/t19-,21-,26+/m1/s1. The Morgan fingerprint density at radius 1 is 1.21 bits per heavy atom. The number of hydrogen-bond donors (Lipinski definition) is 1. The summed E-state index contributed by atoms with van der Waals surface area (Å²) in [6.45, 7) is -2.64. The van der Waals surface area contributed by atoms with Crippen LogP contribution in [0.15, 0.2) is 49.1 Å². The summed E-state index contributed by atoms with van der Waals surface area (Å²) in [5, 5.41) is 18.4. The van der Waals surface area contributed by atoms with Crippen LogP contribution in [0.1, 0.15) is 36.4 Å². The molecule has 12 heteroatoms. The van der Waals surface area contributed by atoms with Gasteiger partial charge in [-0.3, -0.25) is 9.48 Å². The van der Waals surface area contributed by atoms with Gasteiger partial charge >= 0.3 is 12.5 Å². The first-order valence-corrected chi connectivity index (χ1v) is 12.1. The van der Waals surface area contributed by atoms with Crippen molar-refractivity contribution in [2.24, 2.45) is 12.5 Å². The van der Waals surface area contributed by atoms with E-state index in [0.29, 0.717) is 39.9 Å². The zero-order chi connectivity index (χ0) is 26.8. The number of carboxylic acid groups (broad SMARTS) is 1. The van der Waals surface area contributed by atoms with Crippen LogP contribution in [0.2, 0.25) is 0 Å². The largest absolute Gasteiger partial charge is 0.480 e. The van der Waals surface area contributed by atoms with Gasteiger partial charge in [0.1, 0.15) is 11.9 Å². The van der Waals surface area contributed by atoms with Gasteiger partial charge in [0.05, 0.1) is 11.6 Å². The molecular weight excluding hydrogens is 501 g/mol. The molecule has 2 aliphatic rings. The molecule has 9 nitrogen and oxygen atoms in total. The number of carbonyl (C=O) groups is 2. The smallest absolute Gasteiger partial charge is 0.333 e. The lowest BCUT2D eigenvalue weighted by molar-refractivity contribution is -0.149. The Bertz CT molecular complexity index is 1580. The molecule has 0 bridgehead atoms. The van der Waals surface area contributed by atoms with E-state index in [1.54, 1.807) is 30.1 Å². The summed E-state index contributed by atoms with van der Waals surface area (Å²) < 4.78 is 43.1. The van der Waals surface area contributed by atoms with Crippen LogP contribution >= 0.6 is 0 Å². The highest BCUT2D eigenvalue weighted by Gasteiger charge is 2.65. The molecule has 3 atom stereocenters. The summed E-state index contributed by atoms with van der Waals surface area (Å²) in [6.07, 6.45) is 6.41. The Labute approximate surface area is 214 Å². The average molecular weight is 525 g/mol. The van der Waals surface area contributed by atoms with Crippen LogP contribution in [0.4, 0.5) is 13.2 Å². The van der Waals surface area contributed by atoms with Gasteiger partial charge in [-0.15, -0.1) is 0 Å². The van der Waals surface area contributed by atoms with Gasteiger partial charge < -0.3 is 10.0 Å². The number of benzene rings is 1. The van der Waals surface area contributed by atoms with Crippen LogP contribution in [0.25, 0.3) is 22.2 Å². The van der Waals surface area contributed by atoms with E-state index in [9.17, 15) is 23.5 Å². The van der Waals surface area contributed by atoms with Crippen molar-refractivity contribution in [1.82, 2.24) is 29.4 Å². The summed E-state index contributed by atoms with van der Waals surface area (Å²) in [6, 6.07) is 5.57. The zero-order valence-corrected chi connectivity index (χ0v) is 20.3. The van der Waals surface area contributed by atoms with E-state index in [0.717, 1.165) is 17.1 Å². The van der Waals surface area contributed by atoms with Crippen LogP contribution < -0.4 is 0 Å². The number of rotatable bonds is 7. The molecule has 1 aliphatic carbocycles. The number of nitrogens with zero attached hydrogens (tertiary/aromatic N) is 6. The molecule has 4 aromatic rings. The van der Waals surface area contributed by atoms with Crippen LogP contribution in [0.3, 0.4) is 0 Å². The number of aliphatic carboxylic acids is 1. The molecule has 4 heterocycles. The number of alkyl halides is 2. The summed E-state index contributed by atoms with van der Waals surface area (Å²) >= 11 is 0. The highest BCUT2D eigenvalue weighted by atomic mass is 19.3. The normalized spacial score (nSPS) is 21.7. The van der Waals surface area contributed by atoms with Crippen molar-refractivity contribution in [2.45, 2.75) is 37.8 Å².